The van der Waals surface area contributed by atoms with Crippen molar-refractivity contribution in [3.63, 3.8) is 0 Å². The molecule has 0 aliphatic rings. The zero-order chi connectivity index (χ0) is 11.7. The predicted octanol–water partition coefficient (Wildman–Crippen LogP) is -12.2. The van der Waals surface area contributed by atoms with Crippen LogP contribution in [0.3, 0.4) is 0 Å². The first-order valence-corrected chi connectivity index (χ1v) is 3.76. The minimum Gasteiger partial charge on any atom is -0.854 e. The van der Waals surface area contributed by atoms with Gasteiger partial charge in [-0.2, -0.15) is 0 Å². The van der Waals surface area contributed by atoms with Gasteiger partial charge in [0.25, 0.3) is 0 Å². The molecule has 0 bridgehead atoms. The van der Waals surface area contributed by atoms with Gasteiger partial charge >= 0.3 is 86.9 Å². The summed E-state index contributed by atoms with van der Waals surface area (Å²) >= 11 is 0. The fraction of sp³-hybridized carbons (Fsp3) is 0.714. The second-order valence-corrected chi connectivity index (χ2v) is 2.25. The van der Waals surface area contributed by atoms with Gasteiger partial charge in [-0.25, -0.2) is 4.79 Å². The van der Waals surface area contributed by atoms with E-state index in [1.807, 2.05) is 6.92 Å². The molecule has 0 rings (SSSR count). The summed E-state index contributed by atoms with van der Waals surface area (Å²) in [6, 6.07) is 0. The van der Waals surface area contributed by atoms with Gasteiger partial charge in [-0.1, -0.05) is 13.3 Å². The van der Waals surface area contributed by atoms with E-state index in [9.17, 15) is 19.8 Å². The SMILES string of the molecule is CCC[O-].O.O.O.O=C([O-])C(O)C(O)C(=O)O.[K+].[Na+]. The summed E-state index contributed by atoms with van der Waals surface area (Å²) in [4.78, 5) is 19.4. The fourth-order valence-corrected chi connectivity index (χ4v) is 0.264. The third-order valence-electron chi connectivity index (χ3n) is 0.998. The normalized spacial score (nSPS) is 9.89. The van der Waals surface area contributed by atoms with Crippen molar-refractivity contribution in [1.82, 2.24) is 0 Å². The quantitative estimate of drug-likeness (QED) is 0.421. The van der Waals surface area contributed by atoms with Crippen LogP contribution in [0.2, 0.25) is 0 Å². The molecule has 0 radical (unpaired) electrons. The maximum Gasteiger partial charge on any atom is 1.00 e. The van der Waals surface area contributed by atoms with Gasteiger partial charge < -0.3 is 46.8 Å². The van der Waals surface area contributed by atoms with Gasteiger partial charge in [0.05, 0.1) is 5.97 Å². The Morgan fingerprint density at radius 1 is 1.11 bits per heavy atom. The van der Waals surface area contributed by atoms with E-state index in [0.29, 0.717) is 0 Å². The average Bonchev–Trinajstić information content (AvgIpc) is 2.15. The van der Waals surface area contributed by atoms with Crippen LogP contribution in [0.5, 0.6) is 0 Å². The van der Waals surface area contributed by atoms with Crippen molar-refractivity contribution in [3.05, 3.63) is 0 Å². The van der Waals surface area contributed by atoms with E-state index < -0.39 is 24.1 Å². The smallest absolute Gasteiger partial charge is 0.854 e. The van der Waals surface area contributed by atoms with Crippen LogP contribution >= 0.6 is 0 Å². The maximum absolute atomic E-state index is 9.74. The first-order valence-electron chi connectivity index (χ1n) is 3.76. The van der Waals surface area contributed by atoms with E-state index in [0.717, 1.165) is 6.42 Å². The number of aliphatic hydroxyl groups excluding tert-OH is 2. The fourth-order valence-electron chi connectivity index (χ4n) is 0.264. The number of hydrogen-bond acceptors (Lipinski definition) is 6. The van der Waals surface area contributed by atoms with Crippen molar-refractivity contribution in [2.45, 2.75) is 25.6 Å². The van der Waals surface area contributed by atoms with Gasteiger partial charge in [-0.05, 0) is 0 Å². The number of aliphatic hydroxyl groups is 2. The number of carboxylic acid groups (broad SMARTS) is 2. The Hall–Kier alpha value is 1.34. The van der Waals surface area contributed by atoms with Gasteiger partial charge in [-0.15, -0.1) is 6.61 Å². The second kappa shape index (κ2) is 27.6. The molecule has 108 valence electrons. The van der Waals surface area contributed by atoms with E-state index in [1.165, 1.54) is 0 Å². The monoisotopic (exact) mass is 324 g/mol. The van der Waals surface area contributed by atoms with Gasteiger partial charge in [0.2, 0.25) is 0 Å². The first-order chi connectivity index (χ1) is 6.38. The van der Waals surface area contributed by atoms with E-state index in [4.69, 9.17) is 15.3 Å². The van der Waals surface area contributed by atoms with Crippen molar-refractivity contribution in [1.29, 1.82) is 0 Å². The Morgan fingerprint density at radius 2 is 1.37 bits per heavy atom. The van der Waals surface area contributed by atoms with E-state index in [1.54, 1.807) is 0 Å². The van der Waals surface area contributed by atoms with Crippen LogP contribution in [0.1, 0.15) is 13.3 Å². The zero-order valence-electron chi connectivity index (χ0n) is 11.0. The molecule has 0 aliphatic carbocycles. The summed E-state index contributed by atoms with van der Waals surface area (Å²) in [5, 5.41) is 43.4. The number of aliphatic carboxylic acids is 2. The van der Waals surface area contributed by atoms with E-state index in [-0.39, 0.29) is 104 Å². The van der Waals surface area contributed by atoms with Crippen LogP contribution in [-0.4, -0.2) is 62.5 Å². The van der Waals surface area contributed by atoms with Crippen molar-refractivity contribution < 1.29 is 132 Å². The Kier molecular flexibility index (Phi) is 62.2. The Morgan fingerprint density at radius 3 is 1.42 bits per heavy atom. The number of carbonyl (C=O) groups excluding carboxylic acids is 1. The average molecular weight is 324 g/mol. The summed E-state index contributed by atoms with van der Waals surface area (Å²) in [5.74, 6) is -3.83. The molecule has 2 unspecified atom stereocenters. The molecular weight excluding hydrogens is 306 g/mol. The number of carbonyl (C=O) groups is 2. The van der Waals surface area contributed by atoms with Crippen LogP contribution in [0.25, 0.3) is 0 Å². The van der Waals surface area contributed by atoms with Gasteiger partial charge in [0.1, 0.15) is 6.10 Å². The predicted molar refractivity (Wildman–Crippen MR) is 50.7 cm³/mol. The molecule has 12 heteroatoms. The number of rotatable bonds is 4. The molecule has 2 atom stereocenters. The van der Waals surface area contributed by atoms with Crippen molar-refractivity contribution in [2.75, 3.05) is 6.61 Å². The van der Waals surface area contributed by atoms with Gasteiger partial charge in [-0.3, -0.25) is 0 Å². The Labute approximate surface area is 174 Å². The van der Waals surface area contributed by atoms with Gasteiger partial charge in [0.15, 0.2) is 6.10 Å². The summed E-state index contributed by atoms with van der Waals surface area (Å²) < 4.78 is 0. The minimum absolute atomic E-state index is 0. The Balaban J connectivity index is -0.0000000288. The summed E-state index contributed by atoms with van der Waals surface area (Å²) in [5.41, 5.74) is 0. The number of carboxylic acids is 2. The molecule has 0 aliphatic heterocycles. The molecule has 0 fully saturated rings. The molecule has 0 aromatic rings. The molecule has 0 saturated carbocycles. The first kappa shape index (κ1) is 42.8. The van der Waals surface area contributed by atoms with Crippen molar-refractivity contribution >= 4 is 11.9 Å². The molecule has 9 N–H and O–H groups in total. The molecule has 19 heavy (non-hydrogen) atoms. The third-order valence-corrected chi connectivity index (χ3v) is 0.998. The maximum atomic E-state index is 9.74. The molecule has 0 aromatic heterocycles. The molecule has 0 aromatic carbocycles. The van der Waals surface area contributed by atoms with Gasteiger partial charge in [0, 0.05) is 0 Å². The zero-order valence-corrected chi connectivity index (χ0v) is 16.2. The van der Waals surface area contributed by atoms with Crippen molar-refractivity contribution in [3.8, 4) is 0 Å². The third kappa shape index (κ3) is 28.3. The molecule has 10 nitrogen and oxygen atoms in total. The molecule has 0 saturated heterocycles. The summed E-state index contributed by atoms with van der Waals surface area (Å²) in [6.07, 6.45) is -3.94. The molecule has 0 spiro atoms. The minimum atomic E-state index is -2.38. The molecule has 0 heterocycles. The van der Waals surface area contributed by atoms with Crippen LogP contribution in [0.4, 0.5) is 0 Å². The molecular formula is C7H18KNaO10. The topological polar surface area (TPSA) is 235 Å². The second-order valence-electron chi connectivity index (χ2n) is 2.25. The van der Waals surface area contributed by atoms with Crippen LogP contribution in [-0.2, 0) is 9.59 Å². The van der Waals surface area contributed by atoms with Crippen LogP contribution in [0.15, 0.2) is 0 Å². The van der Waals surface area contributed by atoms with E-state index >= 15 is 0 Å². The van der Waals surface area contributed by atoms with Crippen LogP contribution in [0, 0.1) is 0 Å². The van der Waals surface area contributed by atoms with Crippen LogP contribution < -0.4 is 91.2 Å². The van der Waals surface area contributed by atoms with E-state index in [2.05, 4.69) is 0 Å². The summed E-state index contributed by atoms with van der Waals surface area (Å²) in [7, 11) is 0. The molecule has 0 amide bonds. The standard InChI is InChI=1S/C4H6O6.C3H7O.K.Na.3H2O/c5-1(3(7)8)2(6)4(9)10;1-2-3-4;;;;;/h1-2,5-6H,(H,7,8)(H,9,10);2-3H2,1H3;;;3*1H2/q;-1;2*+1;;;/p-1. The Bertz CT molecular complexity index is 173. The number of hydrogen-bond donors (Lipinski definition) is 3. The van der Waals surface area contributed by atoms with Crippen molar-refractivity contribution in [2.24, 2.45) is 0 Å². The summed E-state index contributed by atoms with van der Waals surface area (Å²) in [6.45, 7) is 1.94. The largest absolute Gasteiger partial charge is 1.00 e.